The molecule has 0 aromatic heterocycles. The predicted molar refractivity (Wildman–Crippen MR) is 113 cm³/mol. The second-order valence-electron chi connectivity index (χ2n) is 7.53. The molecule has 2 aliphatic rings. The highest BCUT2D eigenvalue weighted by Gasteiger charge is 2.32. The Morgan fingerprint density at radius 1 is 1.10 bits per heavy atom. The second kappa shape index (κ2) is 9.53. The molecule has 2 heterocycles. The van der Waals surface area contributed by atoms with Gasteiger partial charge in [-0.05, 0) is 42.2 Å². The van der Waals surface area contributed by atoms with Crippen molar-refractivity contribution in [3.05, 3.63) is 65.2 Å². The number of rotatable bonds is 4. The number of halogens is 3. The Morgan fingerprint density at radius 3 is 2.60 bits per heavy atom. The van der Waals surface area contributed by atoms with Gasteiger partial charge in [0, 0.05) is 37.9 Å². The summed E-state index contributed by atoms with van der Waals surface area (Å²) < 4.78 is 26.9. The normalized spacial score (nSPS) is 18.6. The monoisotopic (exact) mass is 435 g/mol. The lowest BCUT2D eigenvalue weighted by molar-refractivity contribution is -0.138. The summed E-state index contributed by atoms with van der Waals surface area (Å²) in [6.07, 6.45) is 1.89. The number of hydrogen-bond acceptors (Lipinski definition) is 3. The molecule has 8 heteroatoms. The molecule has 2 aromatic rings. The number of nitrogens with one attached hydrogen (secondary N) is 1. The van der Waals surface area contributed by atoms with Crippen LogP contribution in [0.5, 0.6) is 0 Å². The maximum absolute atomic E-state index is 13.4. The van der Waals surface area contributed by atoms with Gasteiger partial charge in [0.15, 0.2) is 0 Å². The van der Waals surface area contributed by atoms with Gasteiger partial charge in [-0.15, -0.1) is 12.4 Å². The SMILES string of the molecule is Cl.O=C1C(CC(=O)N2CCCc3ccccc32)NCCN1Cc1cc(F)cc(F)c1. The minimum atomic E-state index is -0.668. The minimum Gasteiger partial charge on any atom is -0.336 e. The quantitative estimate of drug-likeness (QED) is 0.803. The molecule has 0 spiro atoms. The van der Waals surface area contributed by atoms with E-state index in [9.17, 15) is 18.4 Å². The highest BCUT2D eigenvalue weighted by molar-refractivity contribution is 5.98. The van der Waals surface area contributed by atoms with Crippen LogP contribution in [-0.4, -0.2) is 42.4 Å². The van der Waals surface area contributed by atoms with Gasteiger partial charge in [0.25, 0.3) is 0 Å². The highest BCUT2D eigenvalue weighted by Crippen LogP contribution is 2.27. The van der Waals surface area contributed by atoms with Crippen LogP contribution >= 0.6 is 12.4 Å². The Labute approximate surface area is 180 Å². The van der Waals surface area contributed by atoms with E-state index in [-0.39, 0.29) is 37.2 Å². The molecule has 2 aliphatic heterocycles. The molecule has 5 nitrogen and oxygen atoms in total. The Bertz CT molecular complexity index is 920. The van der Waals surface area contributed by atoms with Crippen LogP contribution in [0, 0.1) is 11.6 Å². The topological polar surface area (TPSA) is 52.7 Å². The summed E-state index contributed by atoms with van der Waals surface area (Å²) in [5, 5.41) is 3.11. The van der Waals surface area contributed by atoms with Crippen molar-refractivity contribution in [1.82, 2.24) is 10.2 Å². The van der Waals surface area contributed by atoms with E-state index in [0.717, 1.165) is 30.2 Å². The predicted octanol–water partition coefficient (Wildman–Crippen LogP) is 3.06. The maximum atomic E-state index is 13.4. The lowest BCUT2D eigenvalue weighted by Gasteiger charge is -2.35. The molecule has 0 bridgehead atoms. The average molecular weight is 436 g/mol. The van der Waals surface area contributed by atoms with Crippen molar-refractivity contribution >= 4 is 29.9 Å². The third-order valence-corrected chi connectivity index (χ3v) is 5.47. The van der Waals surface area contributed by atoms with Crippen LogP contribution in [0.4, 0.5) is 14.5 Å². The summed E-state index contributed by atoms with van der Waals surface area (Å²) in [4.78, 5) is 29.1. The number of benzene rings is 2. The maximum Gasteiger partial charge on any atom is 0.240 e. The van der Waals surface area contributed by atoms with Gasteiger partial charge < -0.3 is 15.1 Å². The molecule has 30 heavy (non-hydrogen) atoms. The molecule has 1 fully saturated rings. The Hall–Kier alpha value is -2.51. The fourth-order valence-corrected chi connectivity index (χ4v) is 4.11. The van der Waals surface area contributed by atoms with Crippen LogP contribution < -0.4 is 10.2 Å². The second-order valence-corrected chi connectivity index (χ2v) is 7.53. The molecule has 1 N–H and O–H groups in total. The third kappa shape index (κ3) is 4.79. The number of fused-ring (bicyclic) bond motifs is 1. The zero-order chi connectivity index (χ0) is 20.4. The zero-order valence-electron chi connectivity index (χ0n) is 16.4. The van der Waals surface area contributed by atoms with E-state index in [0.29, 0.717) is 25.2 Å². The largest absolute Gasteiger partial charge is 0.336 e. The first-order chi connectivity index (χ1) is 14.0. The van der Waals surface area contributed by atoms with E-state index in [1.54, 1.807) is 9.80 Å². The van der Waals surface area contributed by atoms with Crippen molar-refractivity contribution in [1.29, 1.82) is 0 Å². The van der Waals surface area contributed by atoms with E-state index >= 15 is 0 Å². The molecule has 0 aliphatic carbocycles. The van der Waals surface area contributed by atoms with Gasteiger partial charge in [0.1, 0.15) is 11.6 Å². The summed E-state index contributed by atoms with van der Waals surface area (Å²) in [6, 6.07) is 10.5. The molecule has 2 aromatic carbocycles. The number of piperazine rings is 1. The number of para-hydroxylation sites is 1. The van der Waals surface area contributed by atoms with Gasteiger partial charge in [0.2, 0.25) is 11.8 Å². The van der Waals surface area contributed by atoms with Crippen molar-refractivity contribution in [2.75, 3.05) is 24.5 Å². The molecule has 1 unspecified atom stereocenters. The molecule has 160 valence electrons. The molecule has 0 radical (unpaired) electrons. The summed E-state index contributed by atoms with van der Waals surface area (Å²) in [6.45, 7) is 1.71. The lowest BCUT2D eigenvalue weighted by Crippen LogP contribution is -2.56. The number of carbonyl (C=O) groups is 2. The van der Waals surface area contributed by atoms with E-state index < -0.39 is 17.7 Å². The average Bonchev–Trinajstić information content (AvgIpc) is 2.70. The molecule has 4 rings (SSSR count). The van der Waals surface area contributed by atoms with Gasteiger partial charge in [-0.1, -0.05) is 18.2 Å². The van der Waals surface area contributed by atoms with Gasteiger partial charge in [-0.25, -0.2) is 8.78 Å². The first-order valence-electron chi connectivity index (χ1n) is 9.86. The van der Waals surface area contributed by atoms with E-state index in [1.165, 1.54) is 12.1 Å². The van der Waals surface area contributed by atoms with Crippen molar-refractivity contribution in [2.24, 2.45) is 0 Å². The molecule has 2 amide bonds. The van der Waals surface area contributed by atoms with E-state index in [4.69, 9.17) is 0 Å². The first kappa shape index (κ1) is 22.2. The standard InChI is InChI=1S/C22H23F2N3O2.ClH/c23-17-10-15(11-18(24)12-17)14-26-9-7-25-19(22(26)29)13-21(28)27-8-3-5-16-4-1-2-6-20(16)27;/h1-2,4,6,10-12,19,25H,3,5,7-9,13-14H2;1H. The van der Waals surface area contributed by atoms with Crippen LogP contribution in [0.3, 0.4) is 0 Å². The van der Waals surface area contributed by atoms with Crippen LogP contribution in [0.15, 0.2) is 42.5 Å². The van der Waals surface area contributed by atoms with Crippen LogP contribution in [0.25, 0.3) is 0 Å². The summed E-state index contributed by atoms with van der Waals surface area (Å²) in [5.74, 6) is -1.66. The van der Waals surface area contributed by atoms with Crippen LogP contribution in [0.1, 0.15) is 24.0 Å². The van der Waals surface area contributed by atoms with E-state index in [1.807, 2.05) is 24.3 Å². The van der Waals surface area contributed by atoms with Gasteiger partial charge in [-0.3, -0.25) is 9.59 Å². The number of anilines is 1. The van der Waals surface area contributed by atoms with Gasteiger partial charge in [-0.2, -0.15) is 0 Å². The Kier molecular flexibility index (Phi) is 7.05. The zero-order valence-corrected chi connectivity index (χ0v) is 17.3. The molecular weight excluding hydrogens is 412 g/mol. The Morgan fingerprint density at radius 2 is 1.83 bits per heavy atom. The number of nitrogens with zero attached hydrogens (tertiary/aromatic N) is 2. The highest BCUT2D eigenvalue weighted by atomic mass is 35.5. The smallest absolute Gasteiger partial charge is 0.240 e. The van der Waals surface area contributed by atoms with Crippen molar-refractivity contribution in [2.45, 2.75) is 31.8 Å². The minimum absolute atomic E-state index is 0. The number of aryl methyl sites for hydroxylation is 1. The Balaban J connectivity index is 0.00000256. The summed E-state index contributed by atoms with van der Waals surface area (Å²) >= 11 is 0. The number of hydrogen-bond donors (Lipinski definition) is 1. The molecular formula is C22H24ClF2N3O2. The van der Waals surface area contributed by atoms with Crippen LogP contribution in [-0.2, 0) is 22.6 Å². The van der Waals surface area contributed by atoms with Gasteiger partial charge >= 0.3 is 0 Å². The van der Waals surface area contributed by atoms with Crippen LogP contribution in [0.2, 0.25) is 0 Å². The molecule has 1 saturated heterocycles. The first-order valence-corrected chi connectivity index (χ1v) is 9.86. The third-order valence-electron chi connectivity index (χ3n) is 5.47. The molecule has 0 saturated carbocycles. The summed E-state index contributed by atoms with van der Waals surface area (Å²) in [5.41, 5.74) is 2.46. The lowest BCUT2D eigenvalue weighted by atomic mass is 10.0. The molecule has 1 atom stereocenters. The van der Waals surface area contributed by atoms with E-state index in [2.05, 4.69) is 5.32 Å². The fraction of sp³-hybridized carbons (Fsp3) is 0.364. The number of amides is 2. The van der Waals surface area contributed by atoms with Crippen molar-refractivity contribution in [3.8, 4) is 0 Å². The summed E-state index contributed by atoms with van der Waals surface area (Å²) in [7, 11) is 0. The van der Waals surface area contributed by atoms with Crippen molar-refractivity contribution < 1.29 is 18.4 Å². The van der Waals surface area contributed by atoms with Crippen molar-refractivity contribution in [3.63, 3.8) is 0 Å². The van der Waals surface area contributed by atoms with Gasteiger partial charge in [0.05, 0.1) is 12.5 Å². The fourth-order valence-electron chi connectivity index (χ4n) is 4.11. The number of carbonyl (C=O) groups excluding carboxylic acids is 2.